The third-order valence-corrected chi connectivity index (χ3v) is 2.91. The summed E-state index contributed by atoms with van der Waals surface area (Å²) in [4.78, 5) is 26.9. The van der Waals surface area contributed by atoms with E-state index in [2.05, 4.69) is 4.98 Å². The van der Waals surface area contributed by atoms with Crippen LogP contribution in [0, 0.1) is 5.41 Å². The Kier molecular flexibility index (Phi) is 5.88. The lowest BCUT2D eigenvalue weighted by atomic mass is 9.88. The SMILES string of the molecule is CCOCC(C=O)c1nc(CC(C)(C)C(=O)OC)co1. The Labute approximate surface area is 118 Å². The monoisotopic (exact) mass is 283 g/mol. The summed E-state index contributed by atoms with van der Waals surface area (Å²) in [6.45, 7) is 6.14. The molecule has 1 aromatic rings. The Morgan fingerprint density at radius 3 is 2.80 bits per heavy atom. The molecule has 1 atom stereocenters. The molecule has 0 aliphatic rings. The molecule has 112 valence electrons. The van der Waals surface area contributed by atoms with E-state index in [0.717, 1.165) is 6.29 Å². The van der Waals surface area contributed by atoms with Crippen molar-refractivity contribution in [2.75, 3.05) is 20.3 Å². The second-order valence-corrected chi connectivity index (χ2v) is 5.13. The van der Waals surface area contributed by atoms with Gasteiger partial charge in [-0.25, -0.2) is 4.98 Å². The van der Waals surface area contributed by atoms with E-state index in [0.29, 0.717) is 24.6 Å². The van der Waals surface area contributed by atoms with Gasteiger partial charge in [-0.15, -0.1) is 0 Å². The first-order valence-electron chi connectivity index (χ1n) is 6.50. The van der Waals surface area contributed by atoms with Crippen LogP contribution in [0.4, 0.5) is 0 Å². The van der Waals surface area contributed by atoms with Crippen molar-refractivity contribution in [3.8, 4) is 0 Å². The van der Waals surface area contributed by atoms with Crippen LogP contribution in [-0.2, 0) is 25.5 Å². The number of carbonyl (C=O) groups excluding carboxylic acids is 2. The fourth-order valence-corrected chi connectivity index (χ4v) is 1.79. The van der Waals surface area contributed by atoms with Crippen molar-refractivity contribution in [3.63, 3.8) is 0 Å². The van der Waals surface area contributed by atoms with Crippen LogP contribution in [0.5, 0.6) is 0 Å². The number of methoxy groups -OCH3 is 1. The van der Waals surface area contributed by atoms with Gasteiger partial charge >= 0.3 is 5.97 Å². The van der Waals surface area contributed by atoms with Crippen molar-refractivity contribution in [2.24, 2.45) is 5.41 Å². The van der Waals surface area contributed by atoms with Gasteiger partial charge in [0.2, 0.25) is 5.89 Å². The Morgan fingerprint density at radius 2 is 2.25 bits per heavy atom. The lowest BCUT2D eigenvalue weighted by molar-refractivity contribution is -0.150. The summed E-state index contributed by atoms with van der Waals surface area (Å²) in [5, 5.41) is 0. The average molecular weight is 283 g/mol. The van der Waals surface area contributed by atoms with E-state index in [9.17, 15) is 9.59 Å². The molecule has 6 heteroatoms. The lowest BCUT2D eigenvalue weighted by Gasteiger charge is -2.19. The van der Waals surface area contributed by atoms with Gasteiger partial charge in [0, 0.05) is 13.0 Å². The molecular weight excluding hydrogens is 262 g/mol. The molecule has 0 radical (unpaired) electrons. The Hall–Kier alpha value is -1.69. The van der Waals surface area contributed by atoms with Crippen LogP contribution in [0.25, 0.3) is 0 Å². The van der Waals surface area contributed by atoms with E-state index in [1.807, 2.05) is 6.92 Å². The van der Waals surface area contributed by atoms with Gasteiger partial charge in [-0.3, -0.25) is 4.79 Å². The number of aldehydes is 1. The molecule has 1 aromatic heterocycles. The highest BCUT2D eigenvalue weighted by atomic mass is 16.5. The number of ether oxygens (including phenoxy) is 2. The molecule has 0 fully saturated rings. The average Bonchev–Trinajstić information content (AvgIpc) is 2.86. The van der Waals surface area contributed by atoms with Gasteiger partial charge in [0.05, 0.1) is 24.8 Å². The van der Waals surface area contributed by atoms with E-state index >= 15 is 0 Å². The molecular formula is C14H21NO5. The topological polar surface area (TPSA) is 78.6 Å². The summed E-state index contributed by atoms with van der Waals surface area (Å²) >= 11 is 0. The maximum atomic E-state index is 11.6. The van der Waals surface area contributed by atoms with Crippen molar-refractivity contribution >= 4 is 12.3 Å². The van der Waals surface area contributed by atoms with Crippen LogP contribution < -0.4 is 0 Å². The van der Waals surface area contributed by atoms with Gasteiger partial charge in [-0.1, -0.05) is 0 Å². The van der Waals surface area contributed by atoms with E-state index in [1.165, 1.54) is 13.4 Å². The highest BCUT2D eigenvalue weighted by molar-refractivity contribution is 5.76. The minimum atomic E-state index is -0.695. The summed E-state index contributed by atoms with van der Waals surface area (Å²) in [6, 6.07) is 0. The summed E-state index contributed by atoms with van der Waals surface area (Å²) in [6.07, 6.45) is 2.59. The molecule has 0 aromatic carbocycles. The molecule has 0 bridgehead atoms. The molecule has 1 rings (SSSR count). The van der Waals surface area contributed by atoms with E-state index in [-0.39, 0.29) is 12.6 Å². The number of nitrogens with zero attached hydrogens (tertiary/aromatic N) is 1. The van der Waals surface area contributed by atoms with Crippen LogP contribution in [0.15, 0.2) is 10.7 Å². The fraction of sp³-hybridized carbons (Fsp3) is 0.643. The van der Waals surface area contributed by atoms with E-state index in [4.69, 9.17) is 13.9 Å². The van der Waals surface area contributed by atoms with Gasteiger partial charge in [-0.05, 0) is 20.8 Å². The number of hydrogen-bond donors (Lipinski definition) is 0. The van der Waals surface area contributed by atoms with E-state index in [1.54, 1.807) is 13.8 Å². The largest absolute Gasteiger partial charge is 0.469 e. The summed E-state index contributed by atoms with van der Waals surface area (Å²) < 4.78 is 15.2. The molecule has 0 spiro atoms. The Balaban J connectivity index is 2.76. The molecule has 0 amide bonds. The molecule has 0 N–H and O–H groups in total. The second kappa shape index (κ2) is 7.19. The maximum Gasteiger partial charge on any atom is 0.311 e. The summed E-state index contributed by atoms with van der Waals surface area (Å²) in [5.41, 5.74) is -0.0850. The zero-order valence-corrected chi connectivity index (χ0v) is 12.3. The van der Waals surface area contributed by atoms with Crippen molar-refractivity contribution in [1.82, 2.24) is 4.98 Å². The Bertz CT molecular complexity index is 452. The van der Waals surface area contributed by atoms with Crippen LogP contribution in [0.2, 0.25) is 0 Å². The normalized spacial score (nSPS) is 13.0. The molecule has 0 aliphatic carbocycles. The van der Waals surface area contributed by atoms with Crippen LogP contribution in [-0.4, -0.2) is 37.6 Å². The minimum Gasteiger partial charge on any atom is -0.469 e. The van der Waals surface area contributed by atoms with Gasteiger partial charge in [0.25, 0.3) is 0 Å². The van der Waals surface area contributed by atoms with Gasteiger partial charge in [0.1, 0.15) is 18.5 Å². The van der Waals surface area contributed by atoms with Crippen molar-refractivity contribution < 1.29 is 23.5 Å². The number of aromatic nitrogens is 1. The molecule has 1 heterocycles. The zero-order chi connectivity index (χ0) is 15.2. The third-order valence-electron chi connectivity index (χ3n) is 2.91. The Morgan fingerprint density at radius 1 is 1.55 bits per heavy atom. The fourth-order valence-electron chi connectivity index (χ4n) is 1.79. The van der Waals surface area contributed by atoms with Crippen LogP contribution in [0.1, 0.15) is 38.3 Å². The number of oxazole rings is 1. The van der Waals surface area contributed by atoms with E-state index < -0.39 is 11.3 Å². The number of esters is 1. The number of hydrogen-bond acceptors (Lipinski definition) is 6. The van der Waals surface area contributed by atoms with Crippen LogP contribution in [0.3, 0.4) is 0 Å². The molecule has 0 saturated carbocycles. The van der Waals surface area contributed by atoms with Crippen molar-refractivity contribution in [2.45, 2.75) is 33.1 Å². The maximum absolute atomic E-state index is 11.6. The lowest BCUT2D eigenvalue weighted by Crippen LogP contribution is -2.28. The zero-order valence-electron chi connectivity index (χ0n) is 12.3. The van der Waals surface area contributed by atoms with Gasteiger partial charge < -0.3 is 18.7 Å². The molecule has 0 saturated heterocycles. The first-order chi connectivity index (χ1) is 9.44. The standard InChI is InChI=1S/C14H21NO5/c1-5-19-8-10(7-16)12-15-11(9-20-12)6-14(2,3)13(17)18-4/h7,9-10H,5-6,8H2,1-4H3. The summed E-state index contributed by atoms with van der Waals surface area (Å²) in [5.74, 6) is -0.530. The highest BCUT2D eigenvalue weighted by Gasteiger charge is 2.30. The predicted molar refractivity (Wildman–Crippen MR) is 71.3 cm³/mol. The van der Waals surface area contributed by atoms with Crippen LogP contribution >= 0.6 is 0 Å². The van der Waals surface area contributed by atoms with Crippen molar-refractivity contribution in [1.29, 1.82) is 0 Å². The number of rotatable bonds is 8. The minimum absolute atomic E-state index is 0.236. The quantitative estimate of drug-likeness (QED) is 0.534. The van der Waals surface area contributed by atoms with Gasteiger partial charge in [0.15, 0.2) is 0 Å². The first-order valence-corrected chi connectivity index (χ1v) is 6.50. The first kappa shape index (κ1) is 16.4. The van der Waals surface area contributed by atoms with Crippen molar-refractivity contribution in [3.05, 3.63) is 17.8 Å². The molecule has 6 nitrogen and oxygen atoms in total. The van der Waals surface area contributed by atoms with Gasteiger partial charge in [-0.2, -0.15) is 0 Å². The smallest absolute Gasteiger partial charge is 0.311 e. The molecule has 20 heavy (non-hydrogen) atoms. The highest BCUT2D eigenvalue weighted by Crippen LogP contribution is 2.24. The number of carbonyl (C=O) groups is 2. The third kappa shape index (κ3) is 4.16. The predicted octanol–water partition coefficient (Wildman–Crippen LogP) is 1.74. The molecule has 1 unspecified atom stereocenters. The summed E-state index contributed by atoms with van der Waals surface area (Å²) in [7, 11) is 1.35. The molecule has 0 aliphatic heterocycles. The second-order valence-electron chi connectivity index (χ2n) is 5.13.